The number of unbranched alkanes of at least 4 members (excludes halogenated alkanes) is 1. The molecule has 0 aliphatic heterocycles. The highest BCUT2D eigenvalue weighted by Crippen LogP contribution is 2.66. The molecule has 4 aliphatic carbocycles. The molecule has 278 valence electrons. The lowest BCUT2D eigenvalue weighted by Crippen LogP contribution is -2.50. The minimum absolute atomic E-state index is 0.0273. The number of fused-ring (bicyclic) bond motifs is 5. The van der Waals surface area contributed by atoms with E-state index in [0.717, 1.165) is 55.3 Å². The van der Waals surface area contributed by atoms with Gasteiger partial charge in [0.05, 0.1) is 52.9 Å². The first kappa shape index (κ1) is 39.6. The van der Waals surface area contributed by atoms with Crippen molar-refractivity contribution in [2.75, 3.05) is 66.0 Å². The van der Waals surface area contributed by atoms with Gasteiger partial charge in [-0.2, -0.15) is 0 Å². The number of aliphatic hydroxyl groups excluding tert-OH is 2. The number of carbonyl (C=O) groups excluding carboxylic acids is 1. The number of rotatable bonds is 22. The Hall–Kier alpha value is -1.23. The first-order chi connectivity index (χ1) is 23.2. The average molecular weight is 680 g/mol. The van der Waals surface area contributed by atoms with Crippen molar-refractivity contribution >= 4 is 6.09 Å². The van der Waals surface area contributed by atoms with Gasteiger partial charge >= 0.3 is 6.09 Å². The zero-order valence-electron chi connectivity index (χ0n) is 30.7. The molecule has 0 bridgehead atoms. The van der Waals surface area contributed by atoms with Crippen LogP contribution in [0.2, 0.25) is 0 Å². The van der Waals surface area contributed by atoms with Crippen molar-refractivity contribution in [2.45, 2.75) is 123 Å². The van der Waals surface area contributed by atoms with Crippen LogP contribution in [0.5, 0.6) is 0 Å². The van der Waals surface area contributed by atoms with Gasteiger partial charge in [-0.05, 0) is 98.2 Å². The molecule has 0 aromatic rings. The minimum Gasteiger partial charge on any atom is -0.446 e. The largest absolute Gasteiger partial charge is 0.446 e. The predicted molar refractivity (Wildman–Crippen MR) is 188 cm³/mol. The monoisotopic (exact) mass is 680 g/mol. The van der Waals surface area contributed by atoms with E-state index in [1.54, 1.807) is 5.57 Å². The summed E-state index contributed by atoms with van der Waals surface area (Å²) < 4.78 is 27.6. The molecule has 3 N–H and O–H groups in total. The van der Waals surface area contributed by atoms with Crippen LogP contribution < -0.4 is 5.32 Å². The molecule has 9 nitrogen and oxygen atoms in total. The van der Waals surface area contributed by atoms with Gasteiger partial charge in [-0.1, -0.05) is 58.6 Å². The molecule has 8 atom stereocenters. The van der Waals surface area contributed by atoms with Crippen molar-refractivity contribution in [3.05, 3.63) is 11.6 Å². The third-order valence-electron chi connectivity index (χ3n) is 12.5. The van der Waals surface area contributed by atoms with Crippen LogP contribution >= 0.6 is 0 Å². The summed E-state index contributed by atoms with van der Waals surface area (Å²) in [5, 5.41) is 20.8. The normalized spacial score (nSPS) is 31.9. The summed E-state index contributed by atoms with van der Waals surface area (Å²) in [5.41, 5.74) is 2.37. The first-order valence-electron chi connectivity index (χ1n) is 19.4. The summed E-state index contributed by atoms with van der Waals surface area (Å²) in [6, 6.07) is 0. The van der Waals surface area contributed by atoms with Gasteiger partial charge < -0.3 is 39.2 Å². The number of hydrogen-bond acceptors (Lipinski definition) is 8. The zero-order valence-corrected chi connectivity index (χ0v) is 30.7. The van der Waals surface area contributed by atoms with E-state index in [-0.39, 0.29) is 30.8 Å². The number of hydrogen-bond donors (Lipinski definition) is 3. The van der Waals surface area contributed by atoms with Crippen molar-refractivity contribution in [2.24, 2.45) is 40.4 Å². The topological polar surface area (TPSA) is 116 Å². The summed E-state index contributed by atoms with van der Waals surface area (Å²) in [6.07, 6.45) is 17.6. The summed E-state index contributed by atoms with van der Waals surface area (Å²) >= 11 is 0. The van der Waals surface area contributed by atoms with Crippen LogP contribution in [0.1, 0.15) is 111 Å². The molecule has 0 radical (unpaired) electrons. The highest BCUT2D eigenvalue weighted by molar-refractivity contribution is 5.67. The Morgan fingerprint density at radius 1 is 0.896 bits per heavy atom. The van der Waals surface area contributed by atoms with Crippen LogP contribution in [-0.2, 0) is 23.7 Å². The lowest BCUT2D eigenvalue weighted by molar-refractivity contribution is -0.0519. The smallest absolute Gasteiger partial charge is 0.407 e. The van der Waals surface area contributed by atoms with E-state index in [4.69, 9.17) is 28.8 Å². The van der Waals surface area contributed by atoms with Gasteiger partial charge in [-0.25, -0.2) is 4.79 Å². The molecule has 4 aliphatic rings. The van der Waals surface area contributed by atoms with Crippen LogP contribution in [0, 0.1) is 40.4 Å². The number of carbonyl (C=O) groups is 1. The van der Waals surface area contributed by atoms with Crippen LogP contribution in [-0.4, -0.2) is 94.5 Å². The van der Waals surface area contributed by atoms with Crippen LogP contribution in [0.15, 0.2) is 11.6 Å². The molecular weight excluding hydrogens is 610 g/mol. The second-order valence-electron chi connectivity index (χ2n) is 16.1. The van der Waals surface area contributed by atoms with E-state index in [9.17, 15) is 9.90 Å². The fraction of sp³-hybridized carbons (Fsp3) is 0.923. The van der Waals surface area contributed by atoms with Crippen LogP contribution in [0.25, 0.3) is 0 Å². The number of ether oxygens (including phenoxy) is 5. The number of amides is 1. The van der Waals surface area contributed by atoms with Crippen molar-refractivity contribution in [3.8, 4) is 0 Å². The Balaban J connectivity index is 1.05. The molecular formula is C39H69NO8. The second-order valence-corrected chi connectivity index (χ2v) is 16.1. The summed E-state index contributed by atoms with van der Waals surface area (Å²) in [7, 11) is 0. The predicted octanol–water partition coefficient (Wildman–Crippen LogP) is 6.69. The van der Waals surface area contributed by atoms with Gasteiger partial charge in [-0.15, -0.1) is 0 Å². The molecule has 3 fully saturated rings. The minimum atomic E-state index is -0.845. The summed E-state index contributed by atoms with van der Waals surface area (Å²) in [6.45, 7) is 13.4. The van der Waals surface area contributed by atoms with Crippen LogP contribution in [0.3, 0.4) is 0 Å². The maximum absolute atomic E-state index is 12.6. The Morgan fingerprint density at radius 3 is 2.31 bits per heavy atom. The molecule has 1 amide bonds. The van der Waals surface area contributed by atoms with E-state index in [0.29, 0.717) is 58.2 Å². The standard InChI is InChI=1S/C39H69NO8/c1-29(2)8-5-6-9-30-11-13-35-34-12-10-31-26-33(14-16-39(31,4)36(34)15-17-38(30,35)3)48-37(43)40-18-7-19-44-20-21-45-22-23-46-24-25-47-28-32(42)27-41/h10,29-30,32-36,41-42H,5-9,11-28H2,1-4H3,(H,40,43)/t30-,32?,33-,34?,35?,36?,38+,39-/m0/s1. The van der Waals surface area contributed by atoms with E-state index in [2.05, 4.69) is 39.1 Å². The molecule has 3 saturated carbocycles. The third-order valence-corrected chi connectivity index (χ3v) is 12.5. The molecule has 4 rings (SSSR count). The summed E-state index contributed by atoms with van der Waals surface area (Å²) in [4.78, 5) is 12.6. The molecule has 0 heterocycles. The van der Waals surface area contributed by atoms with E-state index in [1.807, 2.05) is 0 Å². The fourth-order valence-corrected chi connectivity index (χ4v) is 9.74. The van der Waals surface area contributed by atoms with E-state index < -0.39 is 6.10 Å². The molecule has 0 saturated heterocycles. The van der Waals surface area contributed by atoms with E-state index in [1.165, 1.54) is 57.8 Å². The number of nitrogens with one attached hydrogen (secondary N) is 1. The quantitative estimate of drug-likeness (QED) is 0.0857. The molecule has 0 aromatic heterocycles. The Labute approximate surface area is 291 Å². The Morgan fingerprint density at radius 2 is 1.60 bits per heavy atom. The Kier molecular flexibility index (Phi) is 16.5. The van der Waals surface area contributed by atoms with Crippen molar-refractivity contribution in [3.63, 3.8) is 0 Å². The second kappa shape index (κ2) is 20.0. The van der Waals surface area contributed by atoms with Crippen LogP contribution in [0.4, 0.5) is 4.79 Å². The van der Waals surface area contributed by atoms with Crippen molar-refractivity contribution in [1.29, 1.82) is 0 Å². The highest BCUT2D eigenvalue weighted by Gasteiger charge is 2.58. The number of aliphatic hydroxyl groups is 2. The van der Waals surface area contributed by atoms with Gasteiger partial charge in [0.25, 0.3) is 0 Å². The van der Waals surface area contributed by atoms with E-state index >= 15 is 0 Å². The molecule has 0 spiro atoms. The number of alkyl carbamates (subject to hydrolysis) is 1. The van der Waals surface area contributed by atoms with Gasteiger partial charge in [0, 0.05) is 19.6 Å². The lowest BCUT2D eigenvalue weighted by Gasteiger charge is -2.58. The molecule has 4 unspecified atom stereocenters. The fourth-order valence-electron chi connectivity index (χ4n) is 9.74. The first-order valence-corrected chi connectivity index (χ1v) is 19.4. The zero-order chi connectivity index (χ0) is 34.4. The average Bonchev–Trinajstić information content (AvgIpc) is 3.40. The Bertz CT molecular complexity index is 976. The highest BCUT2D eigenvalue weighted by atomic mass is 16.6. The maximum atomic E-state index is 12.6. The number of allylic oxidation sites excluding steroid dienone is 1. The summed E-state index contributed by atoms with van der Waals surface area (Å²) in [5.74, 6) is 4.25. The van der Waals surface area contributed by atoms with Crippen molar-refractivity contribution in [1.82, 2.24) is 5.32 Å². The maximum Gasteiger partial charge on any atom is 0.407 e. The molecule has 48 heavy (non-hydrogen) atoms. The lowest BCUT2D eigenvalue weighted by atomic mass is 9.47. The van der Waals surface area contributed by atoms with Crippen molar-refractivity contribution < 1.29 is 38.7 Å². The van der Waals surface area contributed by atoms with Gasteiger partial charge in [0.2, 0.25) is 0 Å². The van der Waals surface area contributed by atoms with Gasteiger partial charge in [0.1, 0.15) is 12.2 Å². The SMILES string of the molecule is CC(C)CCCC[C@H]1CCC2C3CC=C4C[C@@H](OC(=O)NCCCOCCOCCOCCOCC(O)CO)CC[C@]4(C)C3CC[C@@]21C. The van der Waals surface area contributed by atoms with Gasteiger partial charge in [0.15, 0.2) is 0 Å². The third kappa shape index (κ3) is 11.1. The molecule has 0 aromatic carbocycles. The molecule has 9 heteroatoms. The van der Waals surface area contributed by atoms with Gasteiger partial charge in [-0.3, -0.25) is 0 Å².